The highest BCUT2D eigenvalue weighted by molar-refractivity contribution is 5.59. The van der Waals surface area contributed by atoms with Crippen LogP contribution in [0, 0.1) is 5.92 Å². The van der Waals surface area contributed by atoms with Crippen LogP contribution in [-0.2, 0) is 4.79 Å². The zero-order chi connectivity index (χ0) is 6.69. The smallest absolute Gasteiger partial charge is 0.217 e. The van der Waals surface area contributed by atoms with Crippen molar-refractivity contribution in [1.29, 1.82) is 0 Å². The van der Waals surface area contributed by atoms with Gasteiger partial charge in [-0.3, -0.25) is 4.79 Å². The van der Waals surface area contributed by atoms with Crippen molar-refractivity contribution in [2.24, 2.45) is 5.92 Å². The average molecular weight is 126 g/mol. The number of hydrogen-bond acceptors (Lipinski definition) is 2. The van der Waals surface area contributed by atoms with Crippen LogP contribution in [0.15, 0.2) is 0 Å². The van der Waals surface area contributed by atoms with Crippen LogP contribution in [0.4, 0.5) is 0 Å². The molecule has 0 aromatic rings. The highest BCUT2D eigenvalue weighted by Gasteiger charge is 2.24. The van der Waals surface area contributed by atoms with Gasteiger partial charge >= 0.3 is 0 Å². The molecule has 2 atom stereocenters. The summed E-state index contributed by atoms with van der Waals surface area (Å²) in [6.07, 6.45) is 4.23. The molecule has 1 unspecified atom stereocenters. The summed E-state index contributed by atoms with van der Waals surface area (Å²) in [5, 5.41) is 3.08. The highest BCUT2D eigenvalue weighted by atomic mass is 16.1. The second-order valence-corrected chi connectivity index (χ2v) is 2.51. The summed E-state index contributed by atoms with van der Waals surface area (Å²) in [6.45, 7) is 3.10. The van der Waals surface area contributed by atoms with Gasteiger partial charge in [-0.15, -0.1) is 0 Å². The van der Waals surface area contributed by atoms with Crippen molar-refractivity contribution in [2.45, 2.75) is 25.8 Å². The summed E-state index contributed by atoms with van der Waals surface area (Å²) in [5.74, 6) is 0.544. The summed E-state index contributed by atoms with van der Waals surface area (Å²) < 4.78 is 0. The molecule has 0 bridgehead atoms. The second kappa shape index (κ2) is 2.97. The fraction of sp³-hybridized carbons (Fsp3) is 0.857. The van der Waals surface area contributed by atoms with Gasteiger partial charge in [0.05, 0.1) is 6.04 Å². The average Bonchev–Trinajstić information content (AvgIpc) is 2.33. The first-order valence-electron chi connectivity index (χ1n) is 3.49. The van der Waals surface area contributed by atoms with Crippen molar-refractivity contribution in [2.75, 3.05) is 6.54 Å². The molecule has 1 aliphatic rings. The van der Waals surface area contributed by atoms with Crippen LogP contribution in [0.5, 0.6) is 0 Å². The van der Waals surface area contributed by atoms with Crippen LogP contribution in [-0.4, -0.2) is 18.9 Å². The Hall–Kier alpha value is -0.370. The molecule has 1 rings (SSSR count). The fourth-order valence-corrected chi connectivity index (χ4v) is 1.34. The fourth-order valence-electron chi connectivity index (χ4n) is 1.34. The monoisotopic (exact) mass is 126 g/mol. The Morgan fingerprint density at radius 3 is 3.00 bits per heavy atom. The van der Waals surface area contributed by atoms with Crippen molar-refractivity contribution < 1.29 is 4.79 Å². The Morgan fingerprint density at radius 2 is 2.56 bits per heavy atom. The molecule has 1 N–H and O–H groups in total. The number of nitrogens with one attached hydrogen (secondary N) is 1. The van der Waals surface area contributed by atoms with Gasteiger partial charge < -0.3 is 5.32 Å². The molecule has 1 fully saturated rings. The van der Waals surface area contributed by atoms with E-state index in [1.807, 2.05) is 6.29 Å². The van der Waals surface area contributed by atoms with Gasteiger partial charge in [-0.05, 0) is 18.9 Å². The predicted molar refractivity (Wildman–Crippen MR) is 35.9 cm³/mol. The van der Waals surface area contributed by atoms with E-state index in [0.717, 1.165) is 19.4 Å². The minimum absolute atomic E-state index is 0.0231. The highest BCUT2D eigenvalue weighted by Crippen LogP contribution is 2.16. The Balaban J connectivity index is 2.41. The van der Waals surface area contributed by atoms with E-state index in [1.54, 1.807) is 0 Å². The first-order valence-corrected chi connectivity index (χ1v) is 3.49. The topological polar surface area (TPSA) is 29.1 Å². The zero-order valence-corrected chi connectivity index (χ0v) is 5.68. The van der Waals surface area contributed by atoms with E-state index >= 15 is 0 Å². The summed E-state index contributed by atoms with van der Waals surface area (Å²) in [7, 11) is 0. The molecule has 0 aromatic carbocycles. The lowest BCUT2D eigenvalue weighted by Crippen LogP contribution is -2.27. The molecule has 1 heterocycles. The van der Waals surface area contributed by atoms with Gasteiger partial charge in [-0.25, -0.2) is 0 Å². The maximum Gasteiger partial charge on any atom is 0.217 e. The van der Waals surface area contributed by atoms with Crippen LogP contribution in [0.2, 0.25) is 0 Å². The third-order valence-electron chi connectivity index (χ3n) is 2.00. The summed E-state index contributed by atoms with van der Waals surface area (Å²) in [4.78, 5) is 10.2. The lowest BCUT2D eigenvalue weighted by atomic mass is 9.99. The van der Waals surface area contributed by atoms with E-state index in [0.29, 0.717) is 5.92 Å². The van der Waals surface area contributed by atoms with E-state index in [2.05, 4.69) is 12.2 Å². The molecule has 0 aliphatic carbocycles. The summed E-state index contributed by atoms with van der Waals surface area (Å²) in [6, 6.07) is 0.0231. The first-order chi connectivity index (χ1) is 4.38. The van der Waals surface area contributed by atoms with E-state index < -0.39 is 0 Å². The Labute approximate surface area is 55.6 Å². The van der Waals surface area contributed by atoms with Gasteiger partial charge in [0.1, 0.15) is 0 Å². The lowest BCUT2D eigenvalue weighted by molar-refractivity contribution is 0.472. The molecular formula is C7H12NO. The van der Waals surface area contributed by atoms with Crippen molar-refractivity contribution in [3.63, 3.8) is 0 Å². The van der Waals surface area contributed by atoms with Crippen LogP contribution in [0.25, 0.3) is 0 Å². The standard InChI is InChI=1S/C7H12NO/c1-2-6-3-4-8-7(6)5-9/h6-8H,2-4H2,1H3/t6?,7-/m1/s1. The van der Waals surface area contributed by atoms with E-state index in [4.69, 9.17) is 0 Å². The Bertz CT molecular complexity index is 103. The Kier molecular flexibility index (Phi) is 2.22. The van der Waals surface area contributed by atoms with Crippen LogP contribution < -0.4 is 5.32 Å². The van der Waals surface area contributed by atoms with Crippen LogP contribution in [0.3, 0.4) is 0 Å². The van der Waals surface area contributed by atoms with E-state index in [9.17, 15) is 4.79 Å². The molecule has 0 spiro atoms. The Morgan fingerprint density at radius 1 is 1.78 bits per heavy atom. The van der Waals surface area contributed by atoms with Crippen molar-refractivity contribution >= 4 is 6.29 Å². The quantitative estimate of drug-likeness (QED) is 0.583. The van der Waals surface area contributed by atoms with E-state index in [-0.39, 0.29) is 6.04 Å². The minimum Gasteiger partial charge on any atom is -0.307 e. The molecule has 0 amide bonds. The lowest BCUT2D eigenvalue weighted by Gasteiger charge is -2.08. The molecular weight excluding hydrogens is 114 g/mol. The number of rotatable bonds is 2. The number of carbonyl (C=O) groups excluding carboxylic acids is 1. The molecule has 1 radical (unpaired) electrons. The maximum atomic E-state index is 10.2. The van der Waals surface area contributed by atoms with E-state index in [1.165, 1.54) is 0 Å². The van der Waals surface area contributed by atoms with Crippen LogP contribution in [0.1, 0.15) is 19.8 Å². The third kappa shape index (κ3) is 1.30. The second-order valence-electron chi connectivity index (χ2n) is 2.51. The minimum atomic E-state index is 0.0231. The zero-order valence-electron chi connectivity index (χ0n) is 5.68. The third-order valence-corrected chi connectivity index (χ3v) is 2.00. The molecule has 0 saturated carbocycles. The van der Waals surface area contributed by atoms with Gasteiger partial charge in [0, 0.05) is 0 Å². The molecule has 2 heteroatoms. The molecule has 2 nitrogen and oxygen atoms in total. The van der Waals surface area contributed by atoms with Crippen molar-refractivity contribution in [1.82, 2.24) is 5.32 Å². The molecule has 1 aliphatic heterocycles. The summed E-state index contributed by atoms with van der Waals surface area (Å²) >= 11 is 0. The largest absolute Gasteiger partial charge is 0.307 e. The summed E-state index contributed by atoms with van der Waals surface area (Å²) in [5.41, 5.74) is 0. The van der Waals surface area contributed by atoms with Gasteiger partial charge in [-0.2, -0.15) is 0 Å². The van der Waals surface area contributed by atoms with Gasteiger partial charge in [0.2, 0.25) is 6.29 Å². The van der Waals surface area contributed by atoms with Gasteiger partial charge in [-0.1, -0.05) is 13.3 Å². The van der Waals surface area contributed by atoms with Gasteiger partial charge in [0.25, 0.3) is 0 Å². The maximum absolute atomic E-state index is 10.2. The van der Waals surface area contributed by atoms with Crippen LogP contribution >= 0.6 is 0 Å². The first kappa shape index (κ1) is 6.75. The van der Waals surface area contributed by atoms with Crippen molar-refractivity contribution in [3.8, 4) is 0 Å². The normalized spacial score (nSPS) is 34.8. The molecule has 51 valence electrons. The molecule has 9 heavy (non-hydrogen) atoms. The number of hydrogen-bond donors (Lipinski definition) is 1. The molecule has 0 aromatic heterocycles. The molecule has 1 saturated heterocycles. The van der Waals surface area contributed by atoms with Crippen molar-refractivity contribution in [3.05, 3.63) is 0 Å². The SMILES string of the molecule is CCC1CCN[C@@H]1[C]=O. The van der Waals surface area contributed by atoms with Gasteiger partial charge in [0.15, 0.2) is 0 Å². The predicted octanol–water partition coefficient (Wildman–Crippen LogP) is 0.484.